The first-order valence-electron chi connectivity index (χ1n) is 9.33. The Morgan fingerprint density at radius 3 is 2.71 bits per heavy atom. The number of pyridine rings is 1. The Labute approximate surface area is 164 Å². The number of aromatic nitrogens is 3. The Morgan fingerprint density at radius 1 is 1.18 bits per heavy atom. The SMILES string of the molecule is CC(C)CN(C)c1nc(O)c(/C=C2/C=Nc3ncc(-c4ccccc4)cc32)[nH]1. The lowest BCUT2D eigenvalue weighted by atomic mass is 10.0. The second-order valence-electron chi connectivity index (χ2n) is 7.39. The largest absolute Gasteiger partial charge is 0.492 e. The van der Waals surface area contributed by atoms with Gasteiger partial charge in [0.1, 0.15) is 5.69 Å². The van der Waals surface area contributed by atoms with E-state index in [9.17, 15) is 5.11 Å². The third-order valence-electron chi connectivity index (χ3n) is 4.61. The molecule has 0 bridgehead atoms. The molecule has 1 aliphatic heterocycles. The predicted octanol–water partition coefficient (Wildman–Crippen LogP) is 4.53. The van der Waals surface area contributed by atoms with Gasteiger partial charge in [-0.2, -0.15) is 4.98 Å². The molecule has 4 rings (SSSR count). The first-order chi connectivity index (χ1) is 13.5. The Balaban J connectivity index is 1.67. The zero-order valence-corrected chi connectivity index (χ0v) is 16.2. The first-order valence-corrected chi connectivity index (χ1v) is 9.33. The third-order valence-corrected chi connectivity index (χ3v) is 4.61. The van der Waals surface area contributed by atoms with Gasteiger partial charge in [0.25, 0.3) is 0 Å². The summed E-state index contributed by atoms with van der Waals surface area (Å²) < 4.78 is 0. The minimum absolute atomic E-state index is 0.0212. The Bertz CT molecular complexity index is 1050. The highest BCUT2D eigenvalue weighted by Crippen LogP contribution is 2.35. The second kappa shape index (κ2) is 7.31. The van der Waals surface area contributed by atoms with Gasteiger partial charge in [-0.25, -0.2) is 9.98 Å². The number of nitrogens with one attached hydrogen (secondary N) is 1. The number of hydrogen-bond donors (Lipinski definition) is 2. The molecule has 2 aromatic heterocycles. The number of imidazole rings is 1. The highest BCUT2D eigenvalue weighted by Gasteiger charge is 2.18. The molecular formula is C22H23N5O. The van der Waals surface area contributed by atoms with Crippen molar-refractivity contribution in [2.45, 2.75) is 13.8 Å². The summed E-state index contributed by atoms with van der Waals surface area (Å²) in [6, 6.07) is 12.2. The fourth-order valence-electron chi connectivity index (χ4n) is 3.31. The molecule has 6 heteroatoms. The van der Waals surface area contributed by atoms with E-state index < -0.39 is 0 Å². The van der Waals surface area contributed by atoms with Crippen LogP contribution >= 0.6 is 0 Å². The van der Waals surface area contributed by atoms with Crippen molar-refractivity contribution < 1.29 is 5.11 Å². The van der Waals surface area contributed by atoms with Gasteiger partial charge in [0.05, 0.1) is 0 Å². The molecule has 0 unspecified atom stereocenters. The molecule has 0 saturated carbocycles. The molecule has 0 aliphatic carbocycles. The average Bonchev–Trinajstić information content (AvgIpc) is 3.26. The molecule has 0 atom stereocenters. The average molecular weight is 373 g/mol. The number of aromatic hydroxyl groups is 1. The van der Waals surface area contributed by atoms with Crippen molar-refractivity contribution in [1.29, 1.82) is 0 Å². The summed E-state index contributed by atoms with van der Waals surface area (Å²) in [5, 5.41) is 10.3. The molecule has 3 aromatic rings. The highest BCUT2D eigenvalue weighted by atomic mass is 16.3. The van der Waals surface area contributed by atoms with Crippen LogP contribution in [-0.2, 0) is 0 Å². The van der Waals surface area contributed by atoms with Crippen LogP contribution in [-0.4, -0.2) is 39.9 Å². The normalized spacial score (nSPS) is 14.1. The molecule has 142 valence electrons. The van der Waals surface area contributed by atoms with Crippen molar-refractivity contribution in [3.8, 4) is 17.0 Å². The summed E-state index contributed by atoms with van der Waals surface area (Å²) in [6.07, 6.45) is 5.46. The molecule has 6 nitrogen and oxygen atoms in total. The number of rotatable bonds is 5. The number of benzene rings is 1. The van der Waals surface area contributed by atoms with Crippen LogP contribution in [0.3, 0.4) is 0 Å². The molecule has 0 spiro atoms. The number of fused-ring (bicyclic) bond motifs is 1. The summed E-state index contributed by atoms with van der Waals surface area (Å²) in [6.45, 7) is 5.13. The number of allylic oxidation sites excluding steroid dienone is 1. The van der Waals surface area contributed by atoms with Gasteiger partial charge in [0.2, 0.25) is 11.8 Å². The third kappa shape index (κ3) is 3.53. The molecule has 0 fully saturated rings. The van der Waals surface area contributed by atoms with E-state index >= 15 is 0 Å². The van der Waals surface area contributed by atoms with Crippen LogP contribution in [0.15, 0.2) is 47.6 Å². The molecule has 0 amide bonds. The van der Waals surface area contributed by atoms with Crippen molar-refractivity contribution in [1.82, 2.24) is 15.0 Å². The number of anilines is 1. The minimum atomic E-state index is -0.0212. The van der Waals surface area contributed by atoms with Crippen LogP contribution in [0.25, 0.3) is 22.8 Å². The summed E-state index contributed by atoms with van der Waals surface area (Å²) in [5.41, 5.74) is 4.52. The number of nitrogens with zero attached hydrogens (tertiary/aromatic N) is 4. The molecule has 1 aliphatic rings. The zero-order chi connectivity index (χ0) is 19.7. The maximum Gasteiger partial charge on any atom is 0.238 e. The van der Waals surface area contributed by atoms with Gasteiger partial charge in [-0.05, 0) is 23.6 Å². The molecule has 1 aromatic carbocycles. The van der Waals surface area contributed by atoms with Crippen LogP contribution in [0.2, 0.25) is 0 Å². The van der Waals surface area contributed by atoms with Crippen molar-refractivity contribution >= 4 is 29.6 Å². The summed E-state index contributed by atoms with van der Waals surface area (Å²) in [5.74, 6) is 1.80. The van der Waals surface area contributed by atoms with Crippen LogP contribution < -0.4 is 4.90 Å². The molecule has 0 saturated heterocycles. The Morgan fingerprint density at radius 2 is 1.96 bits per heavy atom. The van der Waals surface area contributed by atoms with E-state index in [1.807, 2.05) is 42.4 Å². The smallest absolute Gasteiger partial charge is 0.238 e. The lowest BCUT2D eigenvalue weighted by Crippen LogP contribution is -2.23. The van der Waals surface area contributed by atoms with E-state index in [0.717, 1.165) is 28.8 Å². The monoisotopic (exact) mass is 373 g/mol. The Kier molecular flexibility index (Phi) is 4.69. The van der Waals surface area contributed by atoms with E-state index in [-0.39, 0.29) is 5.88 Å². The van der Waals surface area contributed by atoms with Gasteiger partial charge >= 0.3 is 0 Å². The van der Waals surface area contributed by atoms with Crippen LogP contribution in [0.1, 0.15) is 25.1 Å². The van der Waals surface area contributed by atoms with E-state index in [1.54, 1.807) is 6.21 Å². The molecule has 0 radical (unpaired) electrons. The van der Waals surface area contributed by atoms with Crippen LogP contribution in [0.4, 0.5) is 11.8 Å². The van der Waals surface area contributed by atoms with E-state index in [1.165, 1.54) is 0 Å². The topological polar surface area (TPSA) is 77.4 Å². The molecule has 28 heavy (non-hydrogen) atoms. The molecule has 2 N–H and O–H groups in total. The Hall–Kier alpha value is -3.41. The van der Waals surface area contributed by atoms with Gasteiger partial charge in [0, 0.05) is 42.7 Å². The number of aliphatic imine (C=N–C) groups is 1. The maximum absolute atomic E-state index is 10.3. The fourth-order valence-corrected chi connectivity index (χ4v) is 3.31. The number of aromatic amines is 1. The van der Waals surface area contributed by atoms with Gasteiger partial charge in [0.15, 0.2) is 5.82 Å². The predicted molar refractivity (Wildman–Crippen MR) is 114 cm³/mol. The van der Waals surface area contributed by atoms with E-state index in [0.29, 0.717) is 23.4 Å². The number of hydrogen-bond acceptors (Lipinski definition) is 5. The van der Waals surface area contributed by atoms with Crippen molar-refractivity contribution in [2.75, 3.05) is 18.5 Å². The number of H-pyrrole nitrogens is 1. The van der Waals surface area contributed by atoms with Gasteiger partial charge < -0.3 is 15.0 Å². The van der Waals surface area contributed by atoms with Crippen molar-refractivity contribution in [3.05, 3.63) is 53.9 Å². The summed E-state index contributed by atoms with van der Waals surface area (Å²) in [7, 11) is 1.96. The fraction of sp³-hybridized carbons (Fsp3) is 0.227. The minimum Gasteiger partial charge on any atom is -0.492 e. The summed E-state index contributed by atoms with van der Waals surface area (Å²) >= 11 is 0. The zero-order valence-electron chi connectivity index (χ0n) is 16.2. The van der Waals surface area contributed by atoms with Crippen LogP contribution in [0.5, 0.6) is 5.88 Å². The van der Waals surface area contributed by atoms with Crippen LogP contribution in [0, 0.1) is 5.92 Å². The maximum atomic E-state index is 10.3. The van der Waals surface area contributed by atoms with Crippen molar-refractivity contribution in [2.24, 2.45) is 10.9 Å². The molecule has 3 heterocycles. The van der Waals surface area contributed by atoms with Crippen molar-refractivity contribution in [3.63, 3.8) is 0 Å². The lowest BCUT2D eigenvalue weighted by Gasteiger charge is -2.17. The lowest BCUT2D eigenvalue weighted by molar-refractivity contribution is 0.455. The first kappa shape index (κ1) is 18.0. The van der Waals surface area contributed by atoms with Gasteiger partial charge in [-0.15, -0.1) is 0 Å². The second-order valence-corrected chi connectivity index (χ2v) is 7.39. The van der Waals surface area contributed by atoms with Gasteiger partial charge in [-0.1, -0.05) is 44.2 Å². The molecular weight excluding hydrogens is 350 g/mol. The van der Waals surface area contributed by atoms with E-state index in [4.69, 9.17) is 0 Å². The highest BCUT2D eigenvalue weighted by molar-refractivity contribution is 6.21. The quantitative estimate of drug-likeness (QED) is 0.689. The summed E-state index contributed by atoms with van der Waals surface area (Å²) in [4.78, 5) is 18.3. The standard InChI is InChI=1S/C22H23N5O/c1-14(2)13-27(3)22-25-19(21(28)26-22)10-17-12-24-20-18(17)9-16(11-23-20)15-7-5-4-6-8-15/h4-12,14,28H,13H2,1-3H3,(H,25,26)/b17-10-. The van der Waals surface area contributed by atoms with Gasteiger partial charge in [-0.3, -0.25) is 0 Å². The van der Waals surface area contributed by atoms with E-state index in [2.05, 4.69) is 52.0 Å².